The minimum Gasteiger partial charge on any atom is -0.464 e. The van der Waals surface area contributed by atoms with Gasteiger partial charge >= 0.3 is 11.9 Å². The second-order valence-electron chi connectivity index (χ2n) is 7.90. The van der Waals surface area contributed by atoms with Crippen LogP contribution in [0.4, 0.5) is 0 Å². The van der Waals surface area contributed by atoms with Gasteiger partial charge in [-0.2, -0.15) is 0 Å². The van der Waals surface area contributed by atoms with Crippen LogP contribution in [-0.4, -0.2) is 71.5 Å². The molecule has 0 heterocycles. The number of benzene rings is 2. The highest BCUT2D eigenvalue weighted by molar-refractivity contribution is 5.94. The Morgan fingerprint density at radius 3 is 1.31 bits per heavy atom. The molecule has 194 valence electrons. The minimum atomic E-state index is -2.21. The van der Waals surface area contributed by atoms with Gasteiger partial charge in [-0.1, -0.05) is 60.7 Å². The highest BCUT2D eigenvalue weighted by Gasteiger charge is 2.35. The van der Waals surface area contributed by atoms with E-state index in [-0.39, 0.29) is 26.1 Å². The lowest BCUT2D eigenvalue weighted by Crippen LogP contribution is -2.56. The summed E-state index contributed by atoms with van der Waals surface area (Å²) < 4.78 is 9.99. The average Bonchev–Trinajstić information content (AvgIpc) is 2.88. The molecule has 36 heavy (non-hydrogen) atoms. The zero-order chi connectivity index (χ0) is 26.5. The fourth-order valence-corrected chi connectivity index (χ4v) is 3.37. The van der Waals surface area contributed by atoms with Crippen molar-refractivity contribution < 1.29 is 38.9 Å². The summed E-state index contributed by atoms with van der Waals surface area (Å²) in [6.07, 6.45) is -4.28. The van der Waals surface area contributed by atoms with Gasteiger partial charge in [0, 0.05) is 12.8 Å². The van der Waals surface area contributed by atoms with Gasteiger partial charge in [0.15, 0.2) is 12.2 Å². The maximum Gasteiger partial charge on any atom is 0.328 e. The van der Waals surface area contributed by atoms with E-state index in [2.05, 4.69) is 10.6 Å². The molecule has 0 saturated heterocycles. The van der Waals surface area contributed by atoms with Gasteiger partial charge in [-0.25, -0.2) is 9.59 Å². The van der Waals surface area contributed by atoms with Crippen molar-refractivity contribution in [2.45, 2.75) is 51.0 Å². The van der Waals surface area contributed by atoms with Crippen molar-refractivity contribution in [3.8, 4) is 0 Å². The van der Waals surface area contributed by atoms with Crippen molar-refractivity contribution in [2.24, 2.45) is 0 Å². The molecular weight excluding hydrogens is 468 g/mol. The molecule has 0 aromatic heterocycles. The predicted molar refractivity (Wildman–Crippen MR) is 129 cm³/mol. The Kier molecular flexibility index (Phi) is 11.5. The summed E-state index contributed by atoms with van der Waals surface area (Å²) in [5.41, 5.74) is 1.45. The molecule has 2 rings (SSSR count). The molecule has 0 saturated carbocycles. The Morgan fingerprint density at radius 2 is 1.00 bits per heavy atom. The molecule has 4 atom stereocenters. The molecule has 2 amide bonds. The number of aliphatic hydroxyl groups is 2. The normalized spacial score (nSPS) is 14.0. The summed E-state index contributed by atoms with van der Waals surface area (Å²) in [4.78, 5) is 49.9. The zero-order valence-electron chi connectivity index (χ0n) is 20.3. The van der Waals surface area contributed by atoms with E-state index in [0.717, 1.165) is 11.1 Å². The standard InChI is InChI=1S/C26H32N2O8/c1-3-35-25(33)19(15-17-11-7-5-8-12-17)27-23(31)21(29)22(30)24(32)28-20(26(34)36-4-2)16-18-13-9-6-10-14-18/h5-14,19-22,29-30H,3-4,15-16H2,1-2H3,(H,27,31)(H,28,32)/t19-,20-,21-,22-/m0/s1. The predicted octanol–water partition coefficient (Wildman–Crippen LogP) is 0.289. The third kappa shape index (κ3) is 8.79. The van der Waals surface area contributed by atoms with Crippen LogP contribution in [0.5, 0.6) is 0 Å². The van der Waals surface area contributed by atoms with E-state index < -0.39 is 48.0 Å². The van der Waals surface area contributed by atoms with Gasteiger partial charge in [-0.3, -0.25) is 9.59 Å². The van der Waals surface area contributed by atoms with E-state index in [1.54, 1.807) is 74.5 Å². The first-order chi connectivity index (χ1) is 17.3. The lowest BCUT2D eigenvalue weighted by molar-refractivity contribution is -0.153. The van der Waals surface area contributed by atoms with Crippen LogP contribution in [-0.2, 0) is 41.5 Å². The third-order valence-electron chi connectivity index (χ3n) is 5.18. The number of ether oxygens (including phenoxy) is 2. The molecule has 10 heteroatoms. The van der Waals surface area contributed by atoms with Gasteiger partial charge in [-0.05, 0) is 25.0 Å². The first-order valence-electron chi connectivity index (χ1n) is 11.6. The number of nitrogens with one attached hydrogen (secondary N) is 2. The van der Waals surface area contributed by atoms with Gasteiger partial charge in [0.25, 0.3) is 11.8 Å². The number of hydrogen-bond acceptors (Lipinski definition) is 8. The summed E-state index contributed by atoms with van der Waals surface area (Å²) >= 11 is 0. The summed E-state index contributed by atoms with van der Waals surface area (Å²) in [6, 6.07) is 15.3. The number of amides is 2. The first kappa shape index (κ1) is 28.5. The zero-order valence-corrected chi connectivity index (χ0v) is 20.3. The van der Waals surface area contributed by atoms with Gasteiger partial charge in [0.05, 0.1) is 13.2 Å². The van der Waals surface area contributed by atoms with Crippen molar-refractivity contribution in [1.29, 1.82) is 0 Å². The maximum atomic E-state index is 12.6. The van der Waals surface area contributed by atoms with Crippen LogP contribution >= 0.6 is 0 Å². The molecule has 2 aromatic rings. The fourth-order valence-electron chi connectivity index (χ4n) is 3.37. The van der Waals surface area contributed by atoms with E-state index in [1.807, 2.05) is 0 Å². The monoisotopic (exact) mass is 500 g/mol. The molecule has 0 unspecified atom stereocenters. The fraction of sp³-hybridized carbons (Fsp3) is 0.385. The molecule has 0 aliphatic heterocycles. The van der Waals surface area contributed by atoms with Crippen molar-refractivity contribution >= 4 is 23.8 Å². The number of aliphatic hydroxyl groups excluding tert-OH is 2. The number of hydrogen-bond donors (Lipinski definition) is 4. The lowest BCUT2D eigenvalue weighted by atomic mass is 10.0. The number of carbonyl (C=O) groups excluding carboxylic acids is 4. The van der Waals surface area contributed by atoms with Crippen molar-refractivity contribution in [3.05, 3.63) is 71.8 Å². The minimum absolute atomic E-state index is 0.0719. The van der Waals surface area contributed by atoms with Gasteiger partial charge in [0.2, 0.25) is 0 Å². The first-order valence-corrected chi connectivity index (χ1v) is 11.6. The van der Waals surface area contributed by atoms with Crippen LogP contribution in [0.3, 0.4) is 0 Å². The van der Waals surface area contributed by atoms with E-state index in [9.17, 15) is 29.4 Å². The number of esters is 2. The molecule has 0 radical (unpaired) electrons. The van der Waals surface area contributed by atoms with Gasteiger partial charge < -0.3 is 30.3 Å². The quantitative estimate of drug-likeness (QED) is 0.287. The smallest absolute Gasteiger partial charge is 0.328 e. The van der Waals surface area contributed by atoms with Crippen molar-refractivity contribution in [3.63, 3.8) is 0 Å². The summed E-state index contributed by atoms with van der Waals surface area (Å²) in [7, 11) is 0. The summed E-state index contributed by atoms with van der Waals surface area (Å²) in [5.74, 6) is -3.76. The third-order valence-corrected chi connectivity index (χ3v) is 5.18. The highest BCUT2D eigenvalue weighted by atomic mass is 16.5. The topological polar surface area (TPSA) is 151 Å². The highest BCUT2D eigenvalue weighted by Crippen LogP contribution is 2.08. The van der Waals surface area contributed by atoms with Crippen molar-refractivity contribution in [1.82, 2.24) is 10.6 Å². The molecule has 0 aliphatic rings. The Hall–Kier alpha value is -3.76. The van der Waals surface area contributed by atoms with E-state index in [1.165, 1.54) is 0 Å². The molecule has 0 aliphatic carbocycles. The van der Waals surface area contributed by atoms with E-state index >= 15 is 0 Å². The maximum absolute atomic E-state index is 12.6. The number of rotatable bonds is 13. The molecule has 2 aromatic carbocycles. The van der Waals surface area contributed by atoms with Crippen LogP contribution in [0.1, 0.15) is 25.0 Å². The van der Waals surface area contributed by atoms with Crippen LogP contribution in [0.25, 0.3) is 0 Å². The summed E-state index contributed by atoms with van der Waals surface area (Å²) in [6.45, 7) is 3.36. The largest absolute Gasteiger partial charge is 0.464 e. The van der Waals surface area contributed by atoms with Crippen LogP contribution < -0.4 is 10.6 Å². The molecule has 0 spiro atoms. The Morgan fingerprint density at radius 1 is 0.667 bits per heavy atom. The Labute approximate surface area is 209 Å². The van der Waals surface area contributed by atoms with Gasteiger partial charge in [-0.15, -0.1) is 0 Å². The van der Waals surface area contributed by atoms with E-state index in [4.69, 9.17) is 9.47 Å². The second kappa shape index (κ2) is 14.6. The second-order valence-corrected chi connectivity index (χ2v) is 7.90. The Bertz CT molecular complexity index is 918. The number of carbonyl (C=O) groups is 4. The Balaban J connectivity index is 2.07. The van der Waals surface area contributed by atoms with Crippen LogP contribution in [0.15, 0.2) is 60.7 Å². The summed E-state index contributed by atoms with van der Waals surface area (Å²) in [5, 5.41) is 25.3. The van der Waals surface area contributed by atoms with E-state index in [0.29, 0.717) is 0 Å². The molecule has 4 N–H and O–H groups in total. The van der Waals surface area contributed by atoms with Gasteiger partial charge in [0.1, 0.15) is 12.1 Å². The van der Waals surface area contributed by atoms with Crippen LogP contribution in [0.2, 0.25) is 0 Å². The van der Waals surface area contributed by atoms with Crippen molar-refractivity contribution in [2.75, 3.05) is 13.2 Å². The molecule has 10 nitrogen and oxygen atoms in total. The SMILES string of the molecule is CCOC(=O)[C@H](Cc1ccccc1)NC(=O)[C@@H](O)[C@H](O)C(=O)N[C@@H](Cc1ccccc1)C(=O)OCC. The molecular formula is C26H32N2O8. The van der Waals surface area contributed by atoms with Crippen LogP contribution in [0, 0.1) is 0 Å². The molecule has 0 bridgehead atoms. The lowest BCUT2D eigenvalue weighted by Gasteiger charge is -2.23. The molecule has 0 fully saturated rings. The average molecular weight is 501 g/mol.